The van der Waals surface area contributed by atoms with Crippen LogP contribution in [-0.4, -0.2) is 6.04 Å². The van der Waals surface area contributed by atoms with Gasteiger partial charge in [0.2, 0.25) is 0 Å². The van der Waals surface area contributed by atoms with Gasteiger partial charge in [-0.3, -0.25) is 0 Å². The van der Waals surface area contributed by atoms with Gasteiger partial charge < -0.3 is 5.73 Å². The van der Waals surface area contributed by atoms with Crippen molar-refractivity contribution in [1.82, 2.24) is 0 Å². The molecular formula is C13H25N. The molecule has 1 nitrogen and oxygen atoms in total. The average Bonchev–Trinajstić information content (AvgIpc) is 2.75. The van der Waals surface area contributed by atoms with Crippen LogP contribution >= 0.6 is 0 Å². The summed E-state index contributed by atoms with van der Waals surface area (Å²) in [5.74, 6) is 0.793. The van der Waals surface area contributed by atoms with Crippen LogP contribution in [0.4, 0.5) is 0 Å². The second kappa shape index (κ2) is 4.97. The second-order valence-corrected chi connectivity index (χ2v) is 5.39. The van der Waals surface area contributed by atoms with Crippen LogP contribution in [0.1, 0.15) is 52.4 Å². The fourth-order valence-corrected chi connectivity index (χ4v) is 2.29. The molecule has 1 aliphatic carbocycles. The number of hydrogen-bond acceptors (Lipinski definition) is 1. The zero-order valence-electron chi connectivity index (χ0n) is 9.76. The Labute approximate surface area is 88.8 Å². The Hall–Kier alpha value is -0.300. The molecule has 0 spiro atoms. The van der Waals surface area contributed by atoms with Gasteiger partial charge in [0.25, 0.3) is 0 Å². The number of allylic oxidation sites excluding steroid dienone is 1. The minimum Gasteiger partial charge on any atom is -0.327 e. The van der Waals surface area contributed by atoms with E-state index in [9.17, 15) is 0 Å². The minimum atomic E-state index is 0.453. The zero-order valence-corrected chi connectivity index (χ0v) is 9.76. The third kappa shape index (κ3) is 3.45. The molecule has 0 saturated heterocycles. The standard InChI is InChI=1S/C13H25N/c1-4-5-6-7-8-9-12(14)11-10-13(11,2)3/h4,11-12H,1,5-10,14H2,2-3H3. The molecule has 0 radical (unpaired) electrons. The smallest absolute Gasteiger partial charge is 0.00724 e. The molecule has 0 bridgehead atoms. The summed E-state index contributed by atoms with van der Waals surface area (Å²) in [6.07, 6.45) is 9.60. The van der Waals surface area contributed by atoms with E-state index in [1.54, 1.807) is 0 Å². The zero-order chi connectivity index (χ0) is 10.6. The van der Waals surface area contributed by atoms with E-state index >= 15 is 0 Å². The average molecular weight is 195 g/mol. The highest BCUT2D eigenvalue weighted by atomic mass is 14.7. The first-order valence-electron chi connectivity index (χ1n) is 5.94. The van der Waals surface area contributed by atoms with E-state index in [0.717, 1.165) is 12.3 Å². The molecule has 1 heteroatoms. The molecule has 0 heterocycles. The summed E-state index contributed by atoms with van der Waals surface area (Å²) in [6.45, 7) is 8.38. The van der Waals surface area contributed by atoms with Gasteiger partial charge in [-0.1, -0.05) is 32.8 Å². The van der Waals surface area contributed by atoms with E-state index in [4.69, 9.17) is 5.73 Å². The molecule has 0 aromatic rings. The molecule has 0 aliphatic heterocycles. The topological polar surface area (TPSA) is 26.0 Å². The van der Waals surface area contributed by atoms with E-state index in [0.29, 0.717) is 11.5 Å². The lowest BCUT2D eigenvalue weighted by molar-refractivity contribution is 0.441. The van der Waals surface area contributed by atoms with E-state index < -0.39 is 0 Å². The van der Waals surface area contributed by atoms with Crippen molar-refractivity contribution in [2.45, 2.75) is 58.4 Å². The second-order valence-electron chi connectivity index (χ2n) is 5.39. The number of nitrogens with two attached hydrogens (primary N) is 1. The van der Waals surface area contributed by atoms with Crippen LogP contribution in [-0.2, 0) is 0 Å². The predicted molar refractivity (Wildman–Crippen MR) is 63.1 cm³/mol. The summed E-state index contributed by atoms with van der Waals surface area (Å²) >= 11 is 0. The van der Waals surface area contributed by atoms with Crippen LogP contribution in [0.5, 0.6) is 0 Å². The molecule has 2 unspecified atom stereocenters. The third-order valence-corrected chi connectivity index (χ3v) is 3.55. The molecule has 1 rings (SSSR count). The summed E-state index contributed by atoms with van der Waals surface area (Å²) in [6, 6.07) is 0.453. The van der Waals surface area contributed by atoms with Crippen molar-refractivity contribution in [2.24, 2.45) is 17.1 Å². The van der Waals surface area contributed by atoms with Gasteiger partial charge in [0.05, 0.1) is 0 Å². The highest BCUT2D eigenvalue weighted by Gasteiger charge is 2.48. The predicted octanol–water partition coefficient (Wildman–Crippen LogP) is 3.50. The lowest BCUT2D eigenvalue weighted by atomic mass is 9.99. The molecule has 1 fully saturated rings. The fourth-order valence-electron chi connectivity index (χ4n) is 2.29. The van der Waals surface area contributed by atoms with Crippen molar-refractivity contribution < 1.29 is 0 Å². The highest BCUT2D eigenvalue weighted by molar-refractivity contribution is 5.00. The summed E-state index contributed by atoms with van der Waals surface area (Å²) in [5, 5.41) is 0. The molecule has 0 aromatic carbocycles. The van der Waals surface area contributed by atoms with Crippen LogP contribution in [0.3, 0.4) is 0 Å². The molecule has 2 atom stereocenters. The highest BCUT2D eigenvalue weighted by Crippen LogP contribution is 2.53. The van der Waals surface area contributed by atoms with Crippen molar-refractivity contribution in [3.8, 4) is 0 Å². The molecule has 14 heavy (non-hydrogen) atoms. The van der Waals surface area contributed by atoms with Crippen LogP contribution < -0.4 is 5.73 Å². The molecule has 0 aromatic heterocycles. The van der Waals surface area contributed by atoms with Gasteiger partial charge in [-0.2, -0.15) is 0 Å². The maximum atomic E-state index is 6.15. The Kier molecular flexibility index (Phi) is 4.18. The van der Waals surface area contributed by atoms with E-state index in [-0.39, 0.29) is 0 Å². The molecule has 1 saturated carbocycles. The van der Waals surface area contributed by atoms with Crippen molar-refractivity contribution in [3.05, 3.63) is 12.7 Å². The van der Waals surface area contributed by atoms with Gasteiger partial charge in [0.15, 0.2) is 0 Å². The molecule has 1 aliphatic rings. The molecule has 2 N–H and O–H groups in total. The summed E-state index contributed by atoms with van der Waals surface area (Å²) < 4.78 is 0. The van der Waals surface area contributed by atoms with Gasteiger partial charge in [-0.15, -0.1) is 6.58 Å². The molecule has 82 valence electrons. The number of unbranched alkanes of at least 4 members (excludes halogenated alkanes) is 3. The summed E-state index contributed by atoms with van der Waals surface area (Å²) in [5.41, 5.74) is 6.69. The maximum absolute atomic E-state index is 6.15. The lowest BCUT2D eigenvalue weighted by Crippen LogP contribution is -2.24. The summed E-state index contributed by atoms with van der Waals surface area (Å²) in [7, 11) is 0. The Morgan fingerprint density at radius 1 is 1.43 bits per heavy atom. The minimum absolute atomic E-state index is 0.453. The Balaban J connectivity index is 1.99. The van der Waals surface area contributed by atoms with Crippen molar-refractivity contribution in [2.75, 3.05) is 0 Å². The first kappa shape index (κ1) is 11.8. The molecule has 0 amide bonds. The summed E-state index contributed by atoms with van der Waals surface area (Å²) in [4.78, 5) is 0. The van der Waals surface area contributed by atoms with Gasteiger partial charge in [-0.05, 0) is 37.0 Å². The van der Waals surface area contributed by atoms with Gasteiger partial charge in [-0.25, -0.2) is 0 Å². The van der Waals surface area contributed by atoms with Gasteiger partial charge >= 0.3 is 0 Å². The third-order valence-electron chi connectivity index (χ3n) is 3.55. The van der Waals surface area contributed by atoms with Gasteiger partial charge in [0.1, 0.15) is 0 Å². The Bertz CT molecular complexity index is 184. The maximum Gasteiger partial charge on any atom is 0.00724 e. The number of rotatable bonds is 7. The normalized spacial score (nSPS) is 25.8. The van der Waals surface area contributed by atoms with Crippen LogP contribution in [0.15, 0.2) is 12.7 Å². The SMILES string of the molecule is C=CCCCCCC(N)C1CC1(C)C. The van der Waals surface area contributed by atoms with Crippen molar-refractivity contribution >= 4 is 0 Å². The van der Waals surface area contributed by atoms with E-state index in [1.807, 2.05) is 6.08 Å². The quantitative estimate of drug-likeness (QED) is 0.488. The first-order chi connectivity index (χ1) is 6.58. The number of hydrogen-bond donors (Lipinski definition) is 1. The van der Waals surface area contributed by atoms with E-state index in [1.165, 1.54) is 32.1 Å². The van der Waals surface area contributed by atoms with Crippen molar-refractivity contribution in [1.29, 1.82) is 0 Å². The molecular weight excluding hydrogens is 170 g/mol. The lowest BCUT2D eigenvalue weighted by Gasteiger charge is -2.12. The van der Waals surface area contributed by atoms with Crippen molar-refractivity contribution in [3.63, 3.8) is 0 Å². The largest absolute Gasteiger partial charge is 0.327 e. The van der Waals surface area contributed by atoms with E-state index in [2.05, 4.69) is 20.4 Å². The fraction of sp³-hybridized carbons (Fsp3) is 0.846. The Morgan fingerprint density at radius 3 is 2.57 bits per heavy atom. The Morgan fingerprint density at radius 2 is 2.07 bits per heavy atom. The van der Waals surface area contributed by atoms with Crippen LogP contribution in [0.25, 0.3) is 0 Å². The van der Waals surface area contributed by atoms with Crippen LogP contribution in [0.2, 0.25) is 0 Å². The van der Waals surface area contributed by atoms with Gasteiger partial charge in [0, 0.05) is 6.04 Å². The first-order valence-corrected chi connectivity index (χ1v) is 5.94. The van der Waals surface area contributed by atoms with Crippen LogP contribution in [0, 0.1) is 11.3 Å². The monoisotopic (exact) mass is 195 g/mol.